The fourth-order valence-corrected chi connectivity index (χ4v) is 4.56. The molecule has 1 atom stereocenters. The lowest BCUT2D eigenvalue weighted by Gasteiger charge is -2.25. The summed E-state index contributed by atoms with van der Waals surface area (Å²) in [5.74, 6) is 1.08. The van der Waals surface area contributed by atoms with Crippen molar-refractivity contribution in [1.82, 2.24) is 14.8 Å². The number of benzene rings is 1. The Hall–Kier alpha value is -1.14. The Morgan fingerprint density at radius 3 is 2.54 bits per heavy atom. The summed E-state index contributed by atoms with van der Waals surface area (Å²) in [7, 11) is 0. The molecule has 0 N–H and O–H groups in total. The van der Waals surface area contributed by atoms with Crippen LogP contribution in [0.3, 0.4) is 0 Å². The molecule has 0 saturated heterocycles. The lowest BCUT2D eigenvalue weighted by molar-refractivity contribution is 0.0993. The molecule has 0 unspecified atom stereocenters. The highest BCUT2D eigenvalue weighted by Gasteiger charge is 2.24. The van der Waals surface area contributed by atoms with Gasteiger partial charge in [0.25, 0.3) is 0 Å². The van der Waals surface area contributed by atoms with Crippen LogP contribution in [0.25, 0.3) is 0 Å². The van der Waals surface area contributed by atoms with Crippen molar-refractivity contribution in [2.24, 2.45) is 0 Å². The highest BCUT2D eigenvalue weighted by atomic mass is 79.9. The van der Waals surface area contributed by atoms with Crippen LogP contribution < -0.4 is 0 Å². The smallest absolute Gasteiger partial charge is 0.192 e. The molecule has 1 aromatic heterocycles. The third kappa shape index (κ3) is 3.91. The molecule has 1 aliphatic rings. The number of Topliss-reactive ketones (excluding diaryl/α,β-unsaturated/α-hetero) is 1. The Balaban J connectivity index is 1.75. The van der Waals surface area contributed by atoms with Crippen LogP contribution in [-0.4, -0.2) is 25.8 Å². The Kier molecular flexibility index (Phi) is 5.76. The molecule has 0 radical (unpaired) electrons. The van der Waals surface area contributed by atoms with Gasteiger partial charge in [-0.25, -0.2) is 0 Å². The molecule has 1 saturated carbocycles. The summed E-state index contributed by atoms with van der Waals surface area (Å²) in [6.07, 6.45) is 6.21. The van der Waals surface area contributed by atoms with Gasteiger partial charge in [0.05, 0.1) is 5.25 Å². The van der Waals surface area contributed by atoms with E-state index in [2.05, 4.69) is 30.7 Å². The monoisotopic (exact) mass is 407 g/mol. The van der Waals surface area contributed by atoms with E-state index in [9.17, 15) is 4.79 Å². The van der Waals surface area contributed by atoms with Crippen LogP contribution in [0.2, 0.25) is 0 Å². The number of ketones is 1. The zero-order chi connectivity index (χ0) is 17.1. The van der Waals surface area contributed by atoms with Crippen molar-refractivity contribution in [2.75, 3.05) is 0 Å². The van der Waals surface area contributed by atoms with Crippen LogP contribution in [0, 0.1) is 6.92 Å². The molecule has 6 heteroatoms. The van der Waals surface area contributed by atoms with Gasteiger partial charge < -0.3 is 4.57 Å². The summed E-state index contributed by atoms with van der Waals surface area (Å²) in [4.78, 5) is 12.7. The normalized spacial score (nSPS) is 17.0. The highest BCUT2D eigenvalue weighted by Crippen LogP contribution is 2.34. The molecule has 4 nitrogen and oxygen atoms in total. The van der Waals surface area contributed by atoms with Crippen LogP contribution in [0.1, 0.15) is 61.3 Å². The third-order valence-corrected chi connectivity index (χ3v) is 6.14. The van der Waals surface area contributed by atoms with Crippen molar-refractivity contribution >= 4 is 33.5 Å². The zero-order valence-electron chi connectivity index (χ0n) is 14.0. The van der Waals surface area contributed by atoms with Gasteiger partial charge in [0.15, 0.2) is 10.9 Å². The van der Waals surface area contributed by atoms with E-state index >= 15 is 0 Å². The van der Waals surface area contributed by atoms with E-state index in [1.165, 1.54) is 43.9 Å². The third-order valence-electron chi connectivity index (χ3n) is 4.55. The molecular formula is C18H22BrN3OS. The second-order valence-electron chi connectivity index (χ2n) is 6.32. The first-order valence-electron chi connectivity index (χ1n) is 8.44. The van der Waals surface area contributed by atoms with E-state index in [0.29, 0.717) is 6.04 Å². The van der Waals surface area contributed by atoms with Crippen molar-refractivity contribution in [1.29, 1.82) is 0 Å². The predicted octanol–water partition coefficient (Wildman–Crippen LogP) is 5.22. The summed E-state index contributed by atoms with van der Waals surface area (Å²) < 4.78 is 3.22. The van der Waals surface area contributed by atoms with Crippen LogP contribution in [0.5, 0.6) is 0 Å². The Morgan fingerprint density at radius 2 is 1.88 bits per heavy atom. The quantitative estimate of drug-likeness (QED) is 0.503. The van der Waals surface area contributed by atoms with Crippen LogP contribution in [-0.2, 0) is 0 Å². The van der Waals surface area contributed by atoms with Crippen molar-refractivity contribution in [3.8, 4) is 0 Å². The topological polar surface area (TPSA) is 47.8 Å². The maximum atomic E-state index is 12.7. The lowest BCUT2D eigenvalue weighted by atomic mass is 9.95. The van der Waals surface area contributed by atoms with Gasteiger partial charge in [-0.1, -0.05) is 59.1 Å². The van der Waals surface area contributed by atoms with Gasteiger partial charge in [-0.05, 0) is 38.8 Å². The molecule has 2 aromatic rings. The maximum absolute atomic E-state index is 12.7. The molecule has 0 amide bonds. The zero-order valence-corrected chi connectivity index (χ0v) is 16.4. The summed E-state index contributed by atoms with van der Waals surface area (Å²) in [5.41, 5.74) is 0.735. The Labute approximate surface area is 155 Å². The first-order valence-corrected chi connectivity index (χ1v) is 10.1. The second-order valence-corrected chi connectivity index (χ2v) is 8.55. The fourth-order valence-electron chi connectivity index (χ4n) is 3.25. The van der Waals surface area contributed by atoms with Crippen LogP contribution in [0.4, 0.5) is 0 Å². The first kappa shape index (κ1) is 17.7. The molecular weight excluding hydrogens is 386 g/mol. The van der Waals surface area contributed by atoms with E-state index in [1.807, 2.05) is 38.1 Å². The molecule has 1 heterocycles. The standard InChI is InChI=1S/C18H22BrN3OS/c1-12(17(23)14-8-10-15(19)11-9-14)24-18-21-20-13(2)22(18)16-6-4-3-5-7-16/h8-12,16H,3-7H2,1-2H3/t12-/m0/s1. The molecule has 0 aliphatic heterocycles. The summed E-state index contributed by atoms with van der Waals surface area (Å²) in [6, 6.07) is 8.01. The minimum Gasteiger partial charge on any atom is -0.303 e. The van der Waals surface area contributed by atoms with E-state index in [4.69, 9.17) is 0 Å². The number of aryl methyl sites for hydroxylation is 1. The van der Waals surface area contributed by atoms with Crippen LogP contribution in [0.15, 0.2) is 33.9 Å². The van der Waals surface area contributed by atoms with Crippen molar-refractivity contribution < 1.29 is 4.79 Å². The molecule has 1 aromatic carbocycles. The number of nitrogens with zero attached hydrogens (tertiary/aromatic N) is 3. The fraction of sp³-hybridized carbons (Fsp3) is 0.500. The van der Waals surface area contributed by atoms with Gasteiger partial charge >= 0.3 is 0 Å². The van der Waals surface area contributed by atoms with Gasteiger partial charge in [0.2, 0.25) is 0 Å². The van der Waals surface area contributed by atoms with Gasteiger partial charge in [0, 0.05) is 16.1 Å². The minimum atomic E-state index is -0.183. The van der Waals surface area contributed by atoms with Crippen molar-refractivity contribution in [3.63, 3.8) is 0 Å². The number of halogens is 1. The number of aromatic nitrogens is 3. The number of carbonyl (C=O) groups is 1. The number of thioether (sulfide) groups is 1. The average molecular weight is 408 g/mol. The van der Waals surface area contributed by atoms with Crippen LogP contribution >= 0.6 is 27.7 Å². The Bertz CT molecular complexity index is 708. The second kappa shape index (κ2) is 7.83. The summed E-state index contributed by atoms with van der Waals surface area (Å²) in [6.45, 7) is 3.96. The number of rotatable bonds is 5. The molecule has 1 aliphatic carbocycles. The van der Waals surface area contributed by atoms with Gasteiger partial charge in [-0.15, -0.1) is 10.2 Å². The average Bonchev–Trinajstić information content (AvgIpc) is 2.96. The maximum Gasteiger partial charge on any atom is 0.192 e. The summed E-state index contributed by atoms with van der Waals surface area (Å²) >= 11 is 4.92. The number of hydrogen-bond acceptors (Lipinski definition) is 4. The SMILES string of the molecule is Cc1nnc(S[C@@H](C)C(=O)c2ccc(Br)cc2)n1C1CCCCC1. The Morgan fingerprint density at radius 1 is 1.21 bits per heavy atom. The predicted molar refractivity (Wildman–Crippen MR) is 101 cm³/mol. The number of hydrogen-bond donors (Lipinski definition) is 0. The highest BCUT2D eigenvalue weighted by molar-refractivity contribution is 9.10. The molecule has 0 spiro atoms. The molecule has 24 heavy (non-hydrogen) atoms. The van der Waals surface area contributed by atoms with E-state index in [0.717, 1.165) is 21.0 Å². The van der Waals surface area contributed by atoms with E-state index in [1.54, 1.807) is 0 Å². The molecule has 1 fully saturated rings. The largest absolute Gasteiger partial charge is 0.303 e. The van der Waals surface area contributed by atoms with Gasteiger partial charge in [-0.2, -0.15) is 0 Å². The van der Waals surface area contributed by atoms with Gasteiger partial charge in [-0.3, -0.25) is 4.79 Å². The molecule has 0 bridgehead atoms. The van der Waals surface area contributed by atoms with Crippen molar-refractivity contribution in [2.45, 2.75) is 62.4 Å². The molecule has 3 rings (SSSR count). The number of carbonyl (C=O) groups excluding carboxylic acids is 1. The van der Waals surface area contributed by atoms with E-state index in [-0.39, 0.29) is 11.0 Å². The van der Waals surface area contributed by atoms with Crippen molar-refractivity contribution in [3.05, 3.63) is 40.1 Å². The summed E-state index contributed by atoms with van der Waals surface area (Å²) in [5, 5.41) is 9.29. The molecule has 128 valence electrons. The lowest BCUT2D eigenvalue weighted by Crippen LogP contribution is -2.18. The van der Waals surface area contributed by atoms with E-state index < -0.39 is 0 Å². The minimum absolute atomic E-state index is 0.128. The van der Waals surface area contributed by atoms with Gasteiger partial charge in [0.1, 0.15) is 5.82 Å². The first-order chi connectivity index (χ1) is 11.6.